The van der Waals surface area contributed by atoms with Gasteiger partial charge in [-0.1, -0.05) is 6.07 Å². The number of carbonyl (C=O) groups is 1. The van der Waals surface area contributed by atoms with Crippen LogP contribution in [0.4, 0.5) is 18.9 Å². The average molecular weight is 398 g/mol. The largest absolute Gasteiger partial charge is 0.573 e. The summed E-state index contributed by atoms with van der Waals surface area (Å²) >= 11 is 0. The fourth-order valence-electron chi connectivity index (χ4n) is 2.53. The van der Waals surface area contributed by atoms with E-state index in [1.54, 1.807) is 32.2 Å². The Kier molecular flexibility index (Phi) is 7.11. The van der Waals surface area contributed by atoms with Gasteiger partial charge in [0.2, 0.25) is 5.91 Å². The molecule has 152 valence electrons. The third-order valence-electron chi connectivity index (χ3n) is 3.69. The van der Waals surface area contributed by atoms with E-state index in [1.165, 1.54) is 12.1 Å². The highest BCUT2D eigenvalue weighted by Gasteiger charge is 2.30. The Bertz CT molecular complexity index is 795. The first-order chi connectivity index (χ1) is 13.2. The predicted molar refractivity (Wildman–Crippen MR) is 97.6 cm³/mol. The number of hydrogen-bond acceptors (Lipinski definition) is 5. The highest BCUT2D eigenvalue weighted by atomic mass is 19.4. The monoisotopic (exact) mass is 398 g/mol. The van der Waals surface area contributed by atoms with E-state index in [-0.39, 0.29) is 18.2 Å². The molecule has 0 aliphatic heterocycles. The van der Waals surface area contributed by atoms with Gasteiger partial charge in [0.1, 0.15) is 5.75 Å². The molecule has 6 nitrogen and oxygen atoms in total. The van der Waals surface area contributed by atoms with Gasteiger partial charge in [-0.15, -0.1) is 13.2 Å². The van der Waals surface area contributed by atoms with Gasteiger partial charge in [0.05, 0.1) is 20.8 Å². The minimum atomic E-state index is -4.75. The zero-order chi connectivity index (χ0) is 20.7. The van der Waals surface area contributed by atoms with Gasteiger partial charge in [0.25, 0.3) is 0 Å². The molecule has 0 fully saturated rings. The first-order valence-corrected chi connectivity index (χ1v) is 8.25. The van der Waals surface area contributed by atoms with Crippen LogP contribution in [0.2, 0.25) is 0 Å². The molecule has 0 aliphatic rings. The lowest BCUT2D eigenvalue weighted by atomic mass is 10.2. The quantitative estimate of drug-likeness (QED) is 0.735. The van der Waals surface area contributed by atoms with Crippen LogP contribution < -0.4 is 19.5 Å². The van der Waals surface area contributed by atoms with Crippen LogP contribution in [0.25, 0.3) is 0 Å². The molecule has 0 radical (unpaired) electrons. The fraction of sp³-hybridized carbons (Fsp3) is 0.316. The van der Waals surface area contributed by atoms with Crippen molar-refractivity contribution >= 4 is 11.6 Å². The van der Waals surface area contributed by atoms with E-state index in [2.05, 4.69) is 10.1 Å². The van der Waals surface area contributed by atoms with Crippen LogP contribution in [0.1, 0.15) is 5.56 Å². The Morgan fingerprint density at radius 1 is 1.04 bits per heavy atom. The van der Waals surface area contributed by atoms with Crippen LogP contribution in [0, 0.1) is 0 Å². The molecule has 1 amide bonds. The van der Waals surface area contributed by atoms with E-state index in [1.807, 2.05) is 12.1 Å². The maximum atomic E-state index is 12.2. The first kappa shape index (κ1) is 21.4. The van der Waals surface area contributed by atoms with Crippen molar-refractivity contribution in [3.8, 4) is 17.2 Å². The number of nitrogens with zero attached hydrogens (tertiary/aromatic N) is 1. The van der Waals surface area contributed by atoms with E-state index < -0.39 is 6.36 Å². The average Bonchev–Trinajstić information content (AvgIpc) is 2.61. The summed E-state index contributed by atoms with van der Waals surface area (Å²) in [5.74, 6) is 0.562. The van der Waals surface area contributed by atoms with Gasteiger partial charge >= 0.3 is 6.36 Å². The SMILES string of the molecule is COc1ccc(CN(C)CC(=O)Nc2ccc(OC(F)(F)F)cc2)cc1OC. The van der Waals surface area contributed by atoms with Gasteiger partial charge in [-0.3, -0.25) is 9.69 Å². The number of amides is 1. The van der Waals surface area contributed by atoms with Gasteiger partial charge in [0, 0.05) is 12.2 Å². The molecule has 0 heterocycles. The summed E-state index contributed by atoms with van der Waals surface area (Å²) in [5, 5.41) is 2.63. The van der Waals surface area contributed by atoms with E-state index in [0.717, 1.165) is 17.7 Å². The van der Waals surface area contributed by atoms with E-state index in [9.17, 15) is 18.0 Å². The number of halogens is 3. The summed E-state index contributed by atoms with van der Waals surface area (Å²) in [6, 6.07) is 10.4. The van der Waals surface area contributed by atoms with Gasteiger partial charge in [-0.25, -0.2) is 0 Å². The molecule has 0 saturated carbocycles. The lowest BCUT2D eigenvalue weighted by Gasteiger charge is -2.17. The number of likely N-dealkylation sites (N-methyl/N-ethyl adjacent to an activating group) is 1. The molecule has 2 aromatic rings. The summed E-state index contributed by atoms with van der Waals surface area (Å²) in [6.45, 7) is 0.585. The van der Waals surface area contributed by atoms with Crippen molar-refractivity contribution in [3.05, 3.63) is 48.0 Å². The molecule has 0 unspecified atom stereocenters. The van der Waals surface area contributed by atoms with Crippen LogP contribution in [-0.2, 0) is 11.3 Å². The van der Waals surface area contributed by atoms with Gasteiger partial charge < -0.3 is 19.5 Å². The number of benzene rings is 2. The van der Waals surface area contributed by atoms with E-state index in [4.69, 9.17) is 9.47 Å². The second-order valence-electron chi connectivity index (χ2n) is 5.98. The number of hydrogen-bond donors (Lipinski definition) is 1. The second-order valence-corrected chi connectivity index (χ2v) is 5.98. The normalized spacial score (nSPS) is 11.2. The Morgan fingerprint density at radius 2 is 1.68 bits per heavy atom. The van der Waals surface area contributed by atoms with Gasteiger partial charge in [-0.05, 0) is 49.0 Å². The Morgan fingerprint density at radius 3 is 2.25 bits per heavy atom. The molecule has 0 aromatic heterocycles. The van der Waals surface area contributed by atoms with Crippen LogP contribution in [0.5, 0.6) is 17.2 Å². The lowest BCUT2D eigenvalue weighted by Crippen LogP contribution is -2.29. The summed E-state index contributed by atoms with van der Waals surface area (Å²) in [4.78, 5) is 13.9. The fourth-order valence-corrected chi connectivity index (χ4v) is 2.53. The van der Waals surface area contributed by atoms with Crippen LogP contribution in [-0.4, -0.2) is 45.0 Å². The summed E-state index contributed by atoms with van der Waals surface area (Å²) in [5.41, 5.74) is 1.31. The lowest BCUT2D eigenvalue weighted by molar-refractivity contribution is -0.274. The van der Waals surface area contributed by atoms with Crippen LogP contribution >= 0.6 is 0 Å². The summed E-state index contributed by atoms with van der Waals surface area (Å²) in [7, 11) is 4.87. The van der Waals surface area contributed by atoms with E-state index in [0.29, 0.717) is 23.7 Å². The molecule has 28 heavy (non-hydrogen) atoms. The van der Waals surface area contributed by atoms with Crippen molar-refractivity contribution in [2.75, 3.05) is 33.1 Å². The number of methoxy groups -OCH3 is 2. The number of alkyl halides is 3. The predicted octanol–water partition coefficient (Wildman–Crippen LogP) is 3.67. The maximum absolute atomic E-state index is 12.2. The molecule has 9 heteroatoms. The molecule has 0 aliphatic carbocycles. The molecule has 0 saturated heterocycles. The number of anilines is 1. The number of rotatable bonds is 8. The van der Waals surface area contributed by atoms with Crippen molar-refractivity contribution < 1.29 is 32.2 Å². The van der Waals surface area contributed by atoms with Crippen molar-refractivity contribution in [2.45, 2.75) is 12.9 Å². The molecule has 2 aromatic carbocycles. The number of nitrogens with one attached hydrogen (secondary N) is 1. The van der Waals surface area contributed by atoms with Crippen LogP contribution in [0.3, 0.4) is 0 Å². The number of carbonyl (C=O) groups excluding carboxylic acids is 1. The standard InChI is InChI=1S/C19H21F3N2O4/c1-24(11-13-4-9-16(26-2)17(10-13)27-3)12-18(25)23-14-5-7-15(8-6-14)28-19(20,21)22/h4-10H,11-12H2,1-3H3,(H,23,25). The third-order valence-corrected chi connectivity index (χ3v) is 3.69. The highest BCUT2D eigenvalue weighted by molar-refractivity contribution is 5.92. The minimum Gasteiger partial charge on any atom is -0.493 e. The smallest absolute Gasteiger partial charge is 0.493 e. The molecule has 2 rings (SSSR count). The van der Waals surface area contributed by atoms with E-state index >= 15 is 0 Å². The molecular weight excluding hydrogens is 377 g/mol. The first-order valence-electron chi connectivity index (χ1n) is 8.25. The Hall–Kier alpha value is -2.94. The Labute approximate surface area is 160 Å². The molecule has 1 N–H and O–H groups in total. The van der Waals surface area contributed by atoms with Gasteiger partial charge in [0.15, 0.2) is 11.5 Å². The zero-order valence-corrected chi connectivity index (χ0v) is 15.7. The summed E-state index contributed by atoms with van der Waals surface area (Å²) < 4.78 is 50.7. The molecule has 0 bridgehead atoms. The van der Waals surface area contributed by atoms with Crippen molar-refractivity contribution in [1.82, 2.24) is 4.90 Å². The van der Waals surface area contributed by atoms with Crippen molar-refractivity contribution in [2.24, 2.45) is 0 Å². The third kappa shape index (κ3) is 6.66. The second kappa shape index (κ2) is 9.32. The minimum absolute atomic E-state index is 0.0924. The molecular formula is C19H21F3N2O4. The van der Waals surface area contributed by atoms with Crippen molar-refractivity contribution in [1.29, 1.82) is 0 Å². The van der Waals surface area contributed by atoms with Crippen molar-refractivity contribution in [3.63, 3.8) is 0 Å². The summed E-state index contributed by atoms with van der Waals surface area (Å²) in [6.07, 6.45) is -4.75. The number of ether oxygens (including phenoxy) is 3. The molecule has 0 spiro atoms. The maximum Gasteiger partial charge on any atom is 0.573 e. The van der Waals surface area contributed by atoms with Crippen LogP contribution in [0.15, 0.2) is 42.5 Å². The topological polar surface area (TPSA) is 60.0 Å². The zero-order valence-electron chi connectivity index (χ0n) is 15.7. The Balaban J connectivity index is 1.88. The van der Waals surface area contributed by atoms with Gasteiger partial charge in [-0.2, -0.15) is 0 Å². The highest BCUT2D eigenvalue weighted by Crippen LogP contribution is 2.28. The molecule has 0 atom stereocenters.